The monoisotopic (exact) mass is 1020 g/mol. The molecular weight excluding hydrogens is 971 g/mol. The van der Waals surface area contributed by atoms with E-state index in [0.717, 1.165) is 98.5 Å². The second-order valence-corrected chi connectivity index (χ2v) is 19.5. The van der Waals surface area contributed by atoms with Crippen LogP contribution in [0, 0.1) is 11.6 Å². The summed E-state index contributed by atoms with van der Waals surface area (Å²) >= 11 is 0. The van der Waals surface area contributed by atoms with Gasteiger partial charge in [-0.3, -0.25) is 19.0 Å². The number of nitrogens with one attached hydrogen (secondary N) is 2. The van der Waals surface area contributed by atoms with E-state index in [-0.39, 0.29) is 60.0 Å². The Labute approximate surface area is 427 Å². The highest BCUT2D eigenvalue weighted by atomic mass is 19.1. The first-order valence-electron chi connectivity index (χ1n) is 25.5. The summed E-state index contributed by atoms with van der Waals surface area (Å²) in [6.07, 6.45) is 5.32. The van der Waals surface area contributed by atoms with Crippen LogP contribution >= 0.6 is 0 Å². The Balaban J connectivity index is 0.761. The lowest BCUT2D eigenvalue weighted by Gasteiger charge is -2.33. The first kappa shape index (κ1) is 48.1. The van der Waals surface area contributed by atoms with Crippen molar-refractivity contribution in [2.24, 2.45) is 0 Å². The zero-order valence-electron chi connectivity index (χ0n) is 41.3. The van der Waals surface area contributed by atoms with E-state index in [4.69, 9.17) is 28.0 Å². The van der Waals surface area contributed by atoms with Crippen LogP contribution in [-0.2, 0) is 22.7 Å². The van der Waals surface area contributed by atoms with Crippen LogP contribution in [0.3, 0.4) is 0 Å². The molecule has 2 unspecified atom stereocenters. The van der Waals surface area contributed by atoms with Gasteiger partial charge in [0.25, 0.3) is 0 Å². The minimum absolute atomic E-state index is 0.0435. The number of aromatic nitrogens is 6. The lowest BCUT2D eigenvalue weighted by molar-refractivity contribution is 0.0245. The molecule has 2 atom stereocenters. The number of nitrogens with zero attached hydrogens (tertiary/aromatic N) is 6. The number of rotatable bonds is 18. The van der Waals surface area contributed by atoms with E-state index in [9.17, 15) is 9.59 Å². The van der Waals surface area contributed by atoms with Crippen LogP contribution in [0.4, 0.5) is 20.2 Å². The van der Waals surface area contributed by atoms with Gasteiger partial charge in [-0.1, -0.05) is 32.8 Å². The number of piperidine rings is 2. The molecule has 2 N–H and O–H groups in total. The maximum atomic E-state index is 17.6. The Hall–Kier alpha value is -7.84. The number of ether oxygens (including phenoxy) is 4. The molecule has 388 valence electrons. The average molecular weight is 1030 g/mol. The minimum atomic E-state index is -0.609. The number of hydrogen-bond acceptors (Lipinski definition) is 16. The second-order valence-electron chi connectivity index (χ2n) is 19.5. The third-order valence-corrected chi connectivity index (χ3v) is 14.9. The molecule has 2 saturated carbocycles. The molecule has 0 spiro atoms. The number of anilines is 2. The van der Waals surface area contributed by atoms with Crippen molar-refractivity contribution in [3.8, 4) is 56.8 Å². The Bertz CT molecular complexity index is 3420. The molecule has 18 nitrogen and oxygen atoms in total. The maximum absolute atomic E-state index is 17.6. The summed E-state index contributed by atoms with van der Waals surface area (Å²) in [5, 5.41) is 16.6. The predicted molar refractivity (Wildman–Crippen MR) is 269 cm³/mol. The Morgan fingerprint density at radius 2 is 1.16 bits per heavy atom. The van der Waals surface area contributed by atoms with Gasteiger partial charge in [-0.2, -0.15) is 0 Å². The zero-order chi connectivity index (χ0) is 51.2. The van der Waals surface area contributed by atoms with E-state index in [1.807, 2.05) is 55.5 Å². The number of halogens is 2. The summed E-state index contributed by atoms with van der Waals surface area (Å²) in [7, 11) is 1.48. The standard InChI is InChI=1S/C55H54F2N8O10/c1-3-69-44-18-17-37(47(57)46(44)49-40(50(72-61-49)30-7-8-30)28-70-35-19-23-64(24-20-35)33-13-9-31(10-14-33)52-58-54(66)74-62-52)38-27-39(38)51-41(48(60-73-51)45-42(56)5-4-6-43(45)68-2)29-71-36-21-25-65(26-22-36)34-15-11-32(12-16-34)53-59-55(67)75-63-53/h4-6,9-18,30,35-36,38-39H,3,7-8,19-29H2,1-2H3,(H,58,62,66)(H,59,63,67). The number of hydrogen-bond donors (Lipinski definition) is 2. The third-order valence-electron chi connectivity index (χ3n) is 14.9. The Morgan fingerprint density at radius 3 is 1.68 bits per heavy atom. The van der Waals surface area contributed by atoms with Gasteiger partial charge in [-0.15, -0.1) is 0 Å². The van der Waals surface area contributed by atoms with Crippen LogP contribution in [0.25, 0.3) is 45.3 Å². The van der Waals surface area contributed by atoms with Gasteiger partial charge in [0, 0.05) is 71.6 Å². The van der Waals surface area contributed by atoms with Crippen molar-refractivity contribution < 1.29 is 45.8 Å². The molecule has 0 amide bonds. The van der Waals surface area contributed by atoms with E-state index in [1.165, 1.54) is 13.2 Å². The van der Waals surface area contributed by atoms with Crippen molar-refractivity contribution >= 4 is 11.4 Å². The molecule has 4 fully saturated rings. The molecule has 2 aliphatic heterocycles. The zero-order valence-corrected chi connectivity index (χ0v) is 41.3. The van der Waals surface area contributed by atoms with Gasteiger partial charge in [-0.05, 0) is 130 Å². The van der Waals surface area contributed by atoms with E-state index in [0.29, 0.717) is 58.8 Å². The van der Waals surface area contributed by atoms with Crippen molar-refractivity contribution in [3.05, 3.63) is 140 Å². The van der Waals surface area contributed by atoms with Crippen molar-refractivity contribution in [3.63, 3.8) is 0 Å². The molecule has 8 aromatic rings. The summed E-state index contributed by atoms with van der Waals surface area (Å²) in [4.78, 5) is 32.6. The molecule has 0 bridgehead atoms. The molecule has 12 rings (SSSR count). The van der Waals surface area contributed by atoms with Gasteiger partial charge in [0.05, 0.1) is 50.3 Å². The van der Waals surface area contributed by atoms with Crippen molar-refractivity contribution in [1.29, 1.82) is 0 Å². The highest BCUT2D eigenvalue weighted by Gasteiger charge is 2.47. The summed E-state index contributed by atoms with van der Waals surface area (Å²) in [6, 6.07) is 23.7. The van der Waals surface area contributed by atoms with Crippen molar-refractivity contribution in [2.45, 2.75) is 95.0 Å². The summed E-state index contributed by atoms with van der Waals surface area (Å²) in [5.74, 6) is 0.0519. The van der Waals surface area contributed by atoms with Crippen molar-refractivity contribution in [2.75, 3.05) is 49.7 Å². The molecule has 20 heteroatoms. The Kier molecular flexibility index (Phi) is 13.1. The molecule has 2 saturated heterocycles. The fraction of sp³-hybridized carbons (Fsp3) is 0.382. The van der Waals surface area contributed by atoms with Gasteiger partial charge >= 0.3 is 11.5 Å². The van der Waals surface area contributed by atoms with E-state index in [1.54, 1.807) is 24.3 Å². The van der Waals surface area contributed by atoms with Crippen LogP contribution in [-0.4, -0.2) is 82.7 Å². The van der Waals surface area contributed by atoms with Crippen LogP contribution < -0.4 is 30.8 Å². The largest absolute Gasteiger partial charge is 0.496 e. The van der Waals surface area contributed by atoms with Crippen LogP contribution in [0.1, 0.15) is 97.8 Å². The van der Waals surface area contributed by atoms with Gasteiger partial charge < -0.3 is 37.8 Å². The van der Waals surface area contributed by atoms with Gasteiger partial charge in [0.15, 0.2) is 11.6 Å². The van der Waals surface area contributed by atoms with Crippen LogP contribution in [0.2, 0.25) is 0 Å². The first-order chi connectivity index (χ1) is 36.7. The van der Waals surface area contributed by atoms with Crippen LogP contribution in [0.15, 0.2) is 107 Å². The number of methoxy groups -OCH3 is 1. The second kappa shape index (κ2) is 20.5. The Morgan fingerprint density at radius 1 is 0.613 bits per heavy atom. The van der Waals surface area contributed by atoms with E-state index in [2.05, 4.69) is 49.4 Å². The molecule has 4 aliphatic rings. The lowest BCUT2D eigenvalue weighted by atomic mass is 9.97. The minimum Gasteiger partial charge on any atom is -0.496 e. The molecule has 0 radical (unpaired) electrons. The van der Waals surface area contributed by atoms with Gasteiger partial charge in [0.1, 0.15) is 46.0 Å². The number of aromatic amines is 2. The maximum Gasteiger partial charge on any atom is 0.439 e. The molecule has 75 heavy (non-hydrogen) atoms. The van der Waals surface area contributed by atoms with E-state index < -0.39 is 23.1 Å². The molecular formula is C55H54F2N8O10. The van der Waals surface area contributed by atoms with Crippen LogP contribution in [0.5, 0.6) is 11.5 Å². The lowest BCUT2D eigenvalue weighted by Crippen LogP contribution is -2.37. The van der Waals surface area contributed by atoms with Crippen molar-refractivity contribution in [1.82, 2.24) is 30.6 Å². The fourth-order valence-corrected chi connectivity index (χ4v) is 10.7. The smallest absolute Gasteiger partial charge is 0.439 e. The predicted octanol–water partition coefficient (Wildman–Crippen LogP) is 9.89. The fourth-order valence-electron chi connectivity index (χ4n) is 10.7. The molecule has 2 aliphatic carbocycles. The highest BCUT2D eigenvalue weighted by Crippen LogP contribution is 2.58. The summed E-state index contributed by atoms with van der Waals surface area (Å²) in [5.41, 5.74) is 6.42. The summed E-state index contributed by atoms with van der Waals surface area (Å²) in [6.45, 7) is 5.47. The average Bonchev–Trinajstić information content (AvgIpc) is 4.21. The molecule has 4 aromatic carbocycles. The van der Waals surface area contributed by atoms with Gasteiger partial charge in [-0.25, -0.2) is 18.4 Å². The van der Waals surface area contributed by atoms with Gasteiger partial charge in [0.2, 0.25) is 0 Å². The molecule has 6 heterocycles. The number of benzene rings is 4. The molecule has 4 aromatic heterocycles. The first-order valence-corrected chi connectivity index (χ1v) is 25.5. The quantitative estimate of drug-likeness (QED) is 0.0818. The summed E-state index contributed by atoms with van der Waals surface area (Å²) < 4.78 is 80.0. The number of H-pyrrole nitrogens is 2. The SMILES string of the molecule is CCOc1ccc(C2CC2c2onc(-c3c(F)cccc3OC)c2COC2CCN(c3ccc(-c4noc(=O)[nH]4)cc3)CC2)c(F)c1-c1noc(C2CC2)c1COC1CCN(c2ccc(-c3noc(=O)[nH]3)cc2)CC1. The third kappa shape index (κ3) is 9.75. The van der Waals surface area contributed by atoms with E-state index >= 15 is 8.78 Å². The normalized spacial score (nSPS) is 18.2. The highest BCUT2D eigenvalue weighted by molar-refractivity contribution is 5.74. The topological polar surface area (TPSA) is 213 Å².